The van der Waals surface area contributed by atoms with Gasteiger partial charge in [-0.2, -0.15) is 0 Å². The van der Waals surface area contributed by atoms with E-state index in [1.807, 2.05) is 0 Å². The Morgan fingerprint density at radius 1 is 1.46 bits per heavy atom. The summed E-state index contributed by atoms with van der Waals surface area (Å²) in [6.45, 7) is -4.34. The second kappa shape index (κ2) is 8.31. The van der Waals surface area contributed by atoms with Crippen LogP contribution in [0.25, 0.3) is 0 Å². The molecule has 0 spiro atoms. The first-order chi connectivity index (χ1) is 17.3. The van der Waals surface area contributed by atoms with Crippen LogP contribution in [0.5, 0.6) is 0 Å². The molecule has 3 atom stereocenters. The summed E-state index contributed by atoms with van der Waals surface area (Å²) in [5.41, 5.74) is -2.43. The van der Waals surface area contributed by atoms with Gasteiger partial charge in [0.05, 0.1) is 8.22 Å². The van der Waals surface area contributed by atoms with Crippen LogP contribution in [0.1, 0.15) is 55.7 Å². The smallest absolute Gasteiger partial charge is 0.249 e. The molecule has 1 aliphatic heterocycles. The zero-order chi connectivity index (χ0) is 30.8. The molecule has 3 amide bonds. The van der Waals surface area contributed by atoms with Crippen molar-refractivity contribution in [2.45, 2.75) is 45.2 Å². The van der Waals surface area contributed by atoms with Crippen LogP contribution in [-0.4, -0.2) is 53.4 Å². The van der Waals surface area contributed by atoms with E-state index in [4.69, 9.17) is 17.8 Å². The highest BCUT2D eigenvalue weighted by molar-refractivity contribution is 5.93. The van der Waals surface area contributed by atoms with Gasteiger partial charge in [0.2, 0.25) is 17.7 Å². The topological polar surface area (TPSA) is 98.7 Å². The van der Waals surface area contributed by atoms with Crippen LogP contribution in [0.4, 0.5) is 0 Å². The Kier molecular flexibility index (Phi) is 2.72. The van der Waals surface area contributed by atoms with E-state index in [1.54, 1.807) is 10.6 Å². The molecule has 0 fully saturated rings. The maximum absolute atomic E-state index is 13.5. The first-order valence-corrected chi connectivity index (χ1v) is 7.54. The van der Waals surface area contributed by atoms with E-state index < -0.39 is 96.8 Å². The fourth-order valence-corrected chi connectivity index (χ4v) is 1.91. The maximum Gasteiger partial charge on any atom is 0.249 e. The number of rotatable bonds is 5. The summed E-state index contributed by atoms with van der Waals surface area (Å²) in [5.74, 6) is -6.11. The van der Waals surface area contributed by atoms with Crippen LogP contribution in [0.15, 0.2) is 24.2 Å². The molecule has 0 unspecified atom stereocenters. The van der Waals surface area contributed by atoms with E-state index in [-0.39, 0.29) is 4.90 Å². The zero-order valence-corrected chi connectivity index (χ0v) is 14.3. The number of aliphatic hydroxyl groups excluding tert-OH is 1. The molecule has 142 valence electrons. The Morgan fingerprint density at radius 3 is 2.81 bits per heavy atom. The van der Waals surface area contributed by atoms with Gasteiger partial charge in [-0.1, -0.05) is 38.0 Å². The van der Waals surface area contributed by atoms with E-state index in [1.165, 1.54) is 13.8 Å². The van der Waals surface area contributed by atoms with Gasteiger partial charge in [-0.15, -0.1) is 0 Å². The number of fused-ring (bicyclic) bond motifs is 1. The number of hydrogen-bond donors (Lipinski definition) is 3. The quantitative estimate of drug-likeness (QED) is 0.694. The molecular formula is C19H27N3O4. The lowest BCUT2D eigenvalue weighted by Crippen LogP contribution is -2.51. The maximum atomic E-state index is 13.5. The minimum Gasteiger partial charge on any atom is -0.383 e. The Balaban J connectivity index is 2.91. The number of likely N-dealkylation sites (N-methyl/N-ethyl adjacent to an activating group) is 1. The van der Waals surface area contributed by atoms with Crippen molar-refractivity contribution < 1.29 is 37.3 Å². The van der Waals surface area contributed by atoms with Gasteiger partial charge in [-0.05, 0) is 30.3 Å². The third-order valence-electron chi connectivity index (χ3n) is 3.42. The first-order valence-electron chi connectivity index (χ1n) is 14.0. The summed E-state index contributed by atoms with van der Waals surface area (Å²) in [7, 11) is 0.691. The van der Waals surface area contributed by atoms with Gasteiger partial charge < -0.3 is 20.6 Å². The van der Waals surface area contributed by atoms with Crippen LogP contribution in [0.3, 0.4) is 0 Å². The SMILES string of the molecule is [2H]c1c([2H])c([2H])c2c(c1[2H])C([2H])([2H])C([2H])([2H])N(C)C(=O)[C@@]2([2H])NC(=O)[C@@]([2H])(NC(=O)[C@@H](O)C(C)C)C([2H])([2H])[2H]. The minimum atomic E-state index is -3.71. The van der Waals surface area contributed by atoms with Crippen LogP contribution in [0, 0.1) is 5.92 Å². The first kappa shape index (κ1) is 8.52. The molecule has 1 aromatic rings. The average molecular weight is 375 g/mol. The number of benzene rings is 1. The molecule has 0 radical (unpaired) electrons. The van der Waals surface area contributed by atoms with Crippen molar-refractivity contribution in [1.82, 2.24) is 15.5 Å². The third kappa shape index (κ3) is 4.40. The Hall–Kier alpha value is -2.41. The lowest BCUT2D eigenvalue weighted by molar-refractivity contribution is -0.137. The monoisotopic (exact) mass is 374 g/mol. The van der Waals surface area contributed by atoms with Crippen molar-refractivity contribution in [2.24, 2.45) is 5.92 Å². The molecule has 1 heterocycles. The minimum absolute atomic E-state index is 0.0362. The van der Waals surface area contributed by atoms with Gasteiger partial charge in [0, 0.05) is 23.1 Å². The summed E-state index contributed by atoms with van der Waals surface area (Å²) >= 11 is 0. The number of aliphatic hydroxyl groups is 1. The molecule has 1 aliphatic rings. The standard InChI is InChI=1S/C19H27N3O4/c1-11(2)16(23)18(25)20-12(3)17(24)21-15-14-8-6-5-7-13(14)9-10-22(4)19(15)26/h5-8,11-12,15-16,23H,9-10H2,1-4H3,(H,20,25)(H,21,24)/t12-,15-,16-/m0/s1/i3D3,5D,6D,7D,8D,9D2,10D2,12D,15D. The van der Waals surface area contributed by atoms with E-state index in [2.05, 4.69) is 0 Å². The van der Waals surface area contributed by atoms with Crippen LogP contribution in [-0.2, 0) is 20.8 Å². The molecule has 1 aromatic carbocycles. The van der Waals surface area contributed by atoms with Gasteiger partial charge in [0.15, 0.2) is 0 Å². The summed E-state index contributed by atoms with van der Waals surface area (Å²) in [5, 5.41) is 13.1. The van der Waals surface area contributed by atoms with Crippen molar-refractivity contribution in [1.29, 1.82) is 0 Å². The molecule has 0 bridgehead atoms. The highest BCUT2D eigenvalue weighted by Crippen LogP contribution is 2.24. The second-order valence-electron chi connectivity index (χ2n) is 5.73. The predicted octanol–water partition coefficient (Wildman–Crippen LogP) is 0.380. The highest BCUT2D eigenvalue weighted by Gasteiger charge is 2.32. The van der Waals surface area contributed by atoms with Gasteiger partial charge in [0.1, 0.15) is 18.1 Å². The Labute approximate surface area is 172 Å². The van der Waals surface area contributed by atoms with E-state index in [0.29, 0.717) is 7.05 Å². The normalized spacial score (nSPS) is 35.0. The third-order valence-corrected chi connectivity index (χ3v) is 3.42. The number of carbonyl (C=O) groups excluding carboxylic acids is 3. The molecule has 3 N–H and O–H groups in total. The molecule has 0 saturated heterocycles. The Morgan fingerprint density at radius 2 is 2.15 bits per heavy atom. The fraction of sp³-hybridized carbons (Fsp3) is 0.526. The molecule has 0 aromatic heterocycles. The number of amides is 3. The molecule has 7 nitrogen and oxygen atoms in total. The van der Waals surface area contributed by atoms with Crippen LogP contribution >= 0.6 is 0 Å². The molecule has 26 heavy (non-hydrogen) atoms. The van der Waals surface area contributed by atoms with Crippen molar-refractivity contribution >= 4 is 17.7 Å². The number of nitrogens with zero attached hydrogens (tertiary/aromatic N) is 1. The van der Waals surface area contributed by atoms with E-state index in [0.717, 1.165) is 0 Å². The largest absolute Gasteiger partial charge is 0.383 e. The summed E-state index contributed by atoms with van der Waals surface area (Å²) in [6, 6.07) is -11.7. The fourth-order valence-electron chi connectivity index (χ4n) is 1.91. The molecular weight excluding hydrogens is 334 g/mol. The summed E-state index contributed by atoms with van der Waals surface area (Å²) < 4.78 is 106. The van der Waals surface area contributed by atoms with E-state index in [9.17, 15) is 19.5 Å². The summed E-state index contributed by atoms with van der Waals surface area (Å²) in [6.07, 6.45) is -5.29. The van der Waals surface area contributed by atoms with Gasteiger partial charge in [0.25, 0.3) is 0 Å². The van der Waals surface area contributed by atoms with Gasteiger partial charge in [-0.3, -0.25) is 14.4 Å². The van der Waals surface area contributed by atoms with Crippen LogP contribution < -0.4 is 10.6 Å². The molecule has 0 saturated carbocycles. The molecule has 0 aliphatic carbocycles. The number of hydrogen-bond acceptors (Lipinski definition) is 4. The molecule has 2 rings (SSSR count). The van der Waals surface area contributed by atoms with Gasteiger partial charge >= 0.3 is 0 Å². The van der Waals surface area contributed by atoms with Crippen LogP contribution in [0.2, 0.25) is 0 Å². The lowest BCUT2D eigenvalue weighted by Gasteiger charge is -2.24. The van der Waals surface area contributed by atoms with Crippen molar-refractivity contribution in [3.63, 3.8) is 0 Å². The van der Waals surface area contributed by atoms with E-state index >= 15 is 0 Å². The van der Waals surface area contributed by atoms with Crippen molar-refractivity contribution in [3.8, 4) is 0 Å². The number of carbonyl (C=O) groups is 3. The van der Waals surface area contributed by atoms with Crippen molar-refractivity contribution in [3.05, 3.63) is 35.3 Å². The Bertz CT molecular complexity index is 1220. The van der Waals surface area contributed by atoms with Gasteiger partial charge in [-0.25, -0.2) is 0 Å². The lowest BCUT2D eigenvalue weighted by atomic mass is 9.99. The summed E-state index contributed by atoms with van der Waals surface area (Å²) in [4.78, 5) is 39.2. The van der Waals surface area contributed by atoms with Crippen molar-refractivity contribution in [2.75, 3.05) is 13.5 Å². The number of nitrogens with one attached hydrogen (secondary N) is 2. The zero-order valence-electron chi connectivity index (χ0n) is 27.3. The average Bonchev–Trinajstić information content (AvgIpc) is 2.83. The predicted molar refractivity (Wildman–Crippen MR) is 97.1 cm³/mol. The second-order valence-corrected chi connectivity index (χ2v) is 5.73. The molecule has 7 heteroatoms. The highest BCUT2D eigenvalue weighted by atomic mass is 16.3.